The topological polar surface area (TPSA) is 65.6 Å². The van der Waals surface area contributed by atoms with Crippen LogP contribution < -0.4 is 5.56 Å². The average molecular weight is 422 g/mol. The molecule has 4 aromatic heterocycles. The lowest BCUT2D eigenvalue weighted by atomic mass is 10.3. The van der Waals surface area contributed by atoms with Crippen LogP contribution in [-0.4, -0.2) is 30.6 Å². The fourth-order valence-electron chi connectivity index (χ4n) is 2.68. The van der Waals surface area contributed by atoms with Gasteiger partial charge in [-0.25, -0.2) is 14.6 Å². The fourth-order valence-corrected chi connectivity index (χ4v) is 4.70. The van der Waals surface area contributed by atoms with Crippen molar-refractivity contribution in [1.29, 1.82) is 0 Å². The molecule has 4 rings (SSSR count). The molecule has 4 heterocycles. The zero-order valence-electron chi connectivity index (χ0n) is 12.9. The molecular formula is C15H12BrN5OS2. The maximum Gasteiger partial charge on any atom is 0.291 e. The fraction of sp³-hybridized carbons (Fsp3) is 0.200. The van der Waals surface area contributed by atoms with Crippen LogP contribution >= 0.6 is 39.0 Å². The summed E-state index contributed by atoms with van der Waals surface area (Å²) in [7, 11) is 1.88. The van der Waals surface area contributed by atoms with Gasteiger partial charge >= 0.3 is 0 Å². The Morgan fingerprint density at radius 2 is 2.25 bits per heavy atom. The molecule has 0 saturated heterocycles. The number of fused-ring (bicyclic) bond motifs is 3. The Morgan fingerprint density at radius 3 is 3.00 bits per heavy atom. The van der Waals surface area contributed by atoms with Crippen LogP contribution in [0.3, 0.4) is 0 Å². The minimum atomic E-state index is -0.112. The number of hydrogen-bond donors (Lipinski definition) is 0. The van der Waals surface area contributed by atoms with Crippen LogP contribution in [0.25, 0.3) is 21.3 Å². The van der Waals surface area contributed by atoms with E-state index in [0.717, 1.165) is 30.2 Å². The predicted octanol–water partition coefficient (Wildman–Crippen LogP) is 3.27. The Bertz CT molecular complexity index is 1130. The van der Waals surface area contributed by atoms with Crippen molar-refractivity contribution in [3.8, 4) is 0 Å². The summed E-state index contributed by atoms with van der Waals surface area (Å²) in [5.74, 6) is 0. The highest BCUT2D eigenvalue weighted by Crippen LogP contribution is 2.34. The van der Waals surface area contributed by atoms with E-state index >= 15 is 0 Å². The number of rotatable bonds is 3. The Kier molecular flexibility index (Phi) is 3.93. The van der Waals surface area contributed by atoms with E-state index in [9.17, 15) is 4.79 Å². The van der Waals surface area contributed by atoms with Crippen molar-refractivity contribution in [2.45, 2.75) is 10.9 Å². The molecule has 0 unspecified atom stereocenters. The SMILES string of the molecule is CSc1nc2c(s1)c1cnn(Cc3ccnc(Br)c3)c(=O)c1n2C. The summed E-state index contributed by atoms with van der Waals surface area (Å²) in [6.07, 6.45) is 5.46. The summed E-state index contributed by atoms with van der Waals surface area (Å²) in [6, 6.07) is 3.76. The first-order valence-electron chi connectivity index (χ1n) is 7.08. The van der Waals surface area contributed by atoms with Gasteiger partial charge in [0.15, 0.2) is 9.99 Å². The van der Waals surface area contributed by atoms with Gasteiger partial charge in [0.1, 0.15) is 10.1 Å². The van der Waals surface area contributed by atoms with E-state index in [1.165, 1.54) is 4.68 Å². The molecule has 0 amide bonds. The molecule has 0 aliphatic heterocycles. The number of hydrogen-bond acceptors (Lipinski definition) is 6. The van der Waals surface area contributed by atoms with E-state index in [1.807, 2.05) is 30.0 Å². The Labute approximate surface area is 153 Å². The van der Waals surface area contributed by atoms with Gasteiger partial charge in [-0.2, -0.15) is 5.10 Å². The summed E-state index contributed by atoms with van der Waals surface area (Å²) < 4.78 is 6.08. The summed E-state index contributed by atoms with van der Waals surface area (Å²) >= 11 is 6.55. The third-order valence-corrected chi connectivity index (χ3v) is 6.30. The first kappa shape index (κ1) is 15.8. The molecule has 24 heavy (non-hydrogen) atoms. The van der Waals surface area contributed by atoms with Crippen LogP contribution in [0.1, 0.15) is 5.56 Å². The molecule has 0 aliphatic rings. The third-order valence-electron chi connectivity index (χ3n) is 3.80. The van der Waals surface area contributed by atoms with E-state index in [-0.39, 0.29) is 5.56 Å². The highest BCUT2D eigenvalue weighted by atomic mass is 79.9. The zero-order valence-corrected chi connectivity index (χ0v) is 16.1. The number of halogens is 1. The minimum absolute atomic E-state index is 0.112. The molecule has 0 bridgehead atoms. The van der Waals surface area contributed by atoms with Gasteiger partial charge in [-0.15, -0.1) is 11.3 Å². The summed E-state index contributed by atoms with van der Waals surface area (Å²) in [5.41, 5.74) is 2.32. The number of pyridine rings is 1. The lowest BCUT2D eigenvalue weighted by Crippen LogP contribution is -2.24. The summed E-state index contributed by atoms with van der Waals surface area (Å²) in [4.78, 5) is 21.6. The molecule has 0 aromatic carbocycles. The average Bonchev–Trinajstić information content (AvgIpc) is 3.10. The van der Waals surface area contributed by atoms with E-state index in [1.54, 1.807) is 35.5 Å². The van der Waals surface area contributed by atoms with E-state index < -0.39 is 0 Å². The highest BCUT2D eigenvalue weighted by Gasteiger charge is 2.18. The molecule has 9 heteroatoms. The van der Waals surface area contributed by atoms with E-state index in [2.05, 4.69) is 31.0 Å². The van der Waals surface area contributed by atoms with Gasteiger partial charge in [0.05, 0.1) is 17.4 Å². The summed E-state index contributed by atoms with van der Waals surface area (Å²) in [6.45, 7) is 0.401. The normalized spacial score (nSPS) is 11.6. The van der Waals surface area contributed by atoms with Gasteiger partial charge in [-0.3, -0.25) is 4.79 Å². The predicted molar refractivity (Wildman–Crippen MR) is 101 cm³/mol. The van der Waals surface area contributed by atoms with Crippen molar-refractivity contribution < 1.29 is 0 Å². The Morgan fingerprint density at radius 1 is 1.42 bits per heavy atom. The molecule has 6 nitrogen and oxygen atoms in total. The summed E-state index contributed by atoms with van der Waals surface area (Å²) in [5, 5.41) is 5.22. The molecule has 0 N–H and O–H groups in total. The van der Waals surface area contributed by atoms with Gasteiger partial charge in [-0.1, -0.05) is 11.8 Å². The quantitative estimate of drug-likeness (QED) is 0.375. The zero-order chi connectivity index (χ0) is 16.8. The molecule has 0 aliphatic carbocycles. The van der Waals surface area contributed by atoms with Crippen LogP contribution in [0.4, 0.5) is 0 Å². The molecule has 0 radical (unpaired) electrons. The Balaban J connectivity index is 1.89. The van der Waals surface area contributed by atoms with E-state index in [0.29, 0.717) is 12.1 Å². The second-order valence-corrected chi connectivity index (χ2v) is 8.12. The van der Waals surface area contributed by atoms with Crippen molar-refractivity contribution in [3.05, 3.63) is 45.0 Å². The van der Waals surface area contributed by atoms with Crippen LogP contribution in [0.5, 0.6) is 0 Å². The minimum Gasteiger partial charge on any atom is -0.323 e. The van der Waals surface area contributed by atoms with Gasteiger partial charge in [0.2, 0.25) is 0 Å². The molecule has 122 valence electrons. The van der Waals surface area contributed by atoms with Crippen LogP contribution in [0.2, 0.25) is 0 Å². The highest BCUT2D eigenvalue weighted by molar-refractivity contribution is 9.10. The standard InChI is InChI=1S/C15H12BrN5OS2/c1-20-11-9(12-13(20)19-15(23-2)24-12)6-18-21(14(11)22)7-8-3-4-17-10(16)5-8/h3-6H,7H2,1-2H3. The van der Waals surface area contributed by atoms with Crippen LogP contribution in [-0.2, 0) is 13.6 Å². The van der Waals surface area contributed by atoms with Crippen molar-refractivity contribution >= 4 is 60.3 Å². The number of thioether (sulfide) groups is 1. The molecule has 0 spiro atoms. The molecular weight excluding hydrogens is 410 g/mol. The van der Waals surface area contributed by atoms with Crippen LogP contribution in [0.15, 0.2) is 38.3 Å². The van der Waals surface area contributed by atoms with Gasteiger partial charge in [0.25, 0.3) is 5.56 Å². The van der Waals surface area contributed by atoms with Crippen molar-refractivity contribution in [2.75, 3.05) is 6.26 Å². The first-order chi connectivity index (χ1) is 11.6. The van der Waals surface area contributed by atoms with E-state index in [4.69, 9.17) is 0 Å². The van der Waals surface area contributed by atoms with Gasteiger partial charge in [0, 0.05) is 18.6 Å². The van der Waals surface area contributed by atoms with Crippen molar-refractivity contribution in [1.82, 2.24) is 24.3 Å². The third kappa shape index (κ3) is 2.47. The maximum absolute atomic E-state index is 12.9. The number of aromatic nitrogens is 5. The maximum atomic E-state index is 12.9. The number of aryl methyl sites for hydroxylation is 1. The Hall–Kier alpha value is -1.71. The lowest BCUT2D eigenvalue weighted by Gasteiger charge is -2.06. The van der Waals surface area contributed by atoms with Crippen molar-refractivity contribution in [3.63, 3.8) is 0 Å². The number of thiazole rings is 1. The molecule has 0 atom stereocenters. The van der Waals surface area contributed by atoms with Gasteiger partial charge in [-0.05, 0) is 39.9 Å². The molecule has 4 aromatic rings. The number of nitrogens with zero attached hydrogens (tertiary/aromatic N) is 5. The smallest absolute Gasteiger partial charge is 0.291 e. The molecule has 0 fully saturated rings. The largest absolute Gasteiger partial charge is 0.323 e. The van der Waals surface area contributed by atoms with Crippen molar-refractivity contribution in [2.24, 2.45) is 7.05 Å². The molecule has 0 saturated carbocycles. The second-order valence-electron chi connectivity index (χ2n) is 5.25. The van der Waals surface area contributed by atoms with Crippen LogP contribution in [0, 0.1) is 0 Å². The second kappa shape index (κ2) is 5.98. The van der Waals surface area contributed by atoms with Gasteiger partial charge < -0.3 is 4.57 Å². The monoisotopic (exact) mass is 421 g/mol. The first-order valence-corrected chi connectivity index (χ1v) is 9.91. The lowest BCUT2D eigenvalue weighted by molar-refractivity contribution is 0.643.